The number of allylic oxidation sites excluding steroid dienone is 2. The fourth-order valence-corrected chi connectivity index (χ4v) is 6.39. The van der Waals surface area contributed by atoms with Gasteiger partial charge in [0.2, 0.25) is 0 Å². The molecule has 2 aliphatic carbocycles. The molecule has 4 aliphatic rings. The highest BCUT2D eigenvalue weighted by molar-refractivity contribution is 6.32. The van der Waals surface area contributed by atoms with Gasteiger partial charge in [-0.2, -0.15) is 0 Å². The van der Waals surface area contributed by atoms with Crippen molar-refractivity contribution in [3.8, 4) is 11.5 Å². The number of hydrogen-bond acceptors (Lipinski definition) is 8. The largest absolute Gasteiger partial charge is 0.495 e. The molecular formula is C35H34N4O4. The predicted molar refractivity (Wildman–Crippen MR) is 169 cm³/mol. The molecule has 0 spiro atoms. The summed E-state index contributed by atoms with van der Waals surface area (Å²) in [4.78, 5) is 37.4. The Morgan fingerprint density at radius 2 is 1.70 bits per heavy atom. The maximum atomic E-state index is 13.9. The molecule has 0 aromatic heterocycles. The van der Waals surface area contributed by atoms with Crippen LogP contribution in [0.4, 0.5) is 17.1 Å². The maximum Gasteiger partial charge on any atom is 0.196 e. The molecule has 2 aliphatic heterocycles. The normalized spacial score (nSPS) is 18.9. The number of hydrogen-bond donors (Lipinski definition) is 1. The van der Waals surface area contributed by atoms with Crippen LogP contribution in [0.1, 0.15) is 45.2 Å². The molecular weight excluding hydrogens is 540 g/mol. The number of carbonyl (C=O) groups excluding carboxylic acids is 2. The van der Waals surface area contributed by atoms with Gasteiger partial charge in [0, 0.05) is 55.6 Å². The van der Waals surface area contributed by atoms with E-state index in [1.807, 2.05) is 49.4 Å². The molecule has 218 valence electrons. The van der Waals surface area contributed by atoms with Crippen LogP contribution in [0.15, 0.2) is 83.4 Å². The summed E-state index contributed by atoms with van der Waals surface area (Å²) >= 11 is 0. The molecule has 0 amide bonds. The summed E-state index contributed by atoms with van der Waals surface area (Å²) in [5.74, 6) is 1.05. The van der Waals surface area contributed by atoms with Crippen LogP contribution < -0.4 is 19.7 Å². The first-order valence-corrected chi connectivity index (χ1v) is 14.9. The Balaban J connectivity index is 1.09. The van der Waals surface area contributed by atoms with Gasteiger partial charge in [-0.1, -0.05) is 42.5 Å². The number of benzene rings is 3. The van der Waals surface area contributed by atoms with Crippen molar-refractivity contribution in [3.05, 3.63) is 101 Å². The van der Waals surface area contributed by atoms with Crippen LogP contribution in [0.3, 0.4) is 0 Å². The molecule has 0 radical (unpaired) electrons. The molecule has 0 saturated carbocycles. The summed E-state index contributed by atoms with van der Waals surface area (Å²) in [6.07, 6.45) is 6.51. The zero-order chi connectivity index (χ0) is 29.5. The number of methoxy groups -OCH3 is 1. The highest BCUT2D eigenvalue weighted by atomic mass is 16.5. The zero-order valence-electron chi connectivity index (χ0n) is 24.4. The molecule has 1 unspecified atom stereocenters. The van der Waals surface area contributed by atoms with Gasteiger partial charge in [-0.05, 0) is 49.7 Å². The first-order chi connectivity index (χ1) is 21.0. The summed E-state index contributed by atoms with van der Waals surface area (Å²) in [6, 6.07) is 17.0. The van der Waals surface area contributed by atoms with Crippen LogP contribution in [0.25, 0.3) is 0 Å². The Bertz CT molecular complexity index is 1710. The number of carbonyl (C=O) groups is 2. The Morgan fingerprint density at radius 3 is 2.47 bits per heavy atom. The third-order valence-corrected chi connectivity index (χ3v) is 8.60. The van der Waals surface area contributed by atoms with E-state index in [-0.39, 0.29) is 17.7 Å². The average molecular weight is 575 g/mol. The summed E-state index contributed by atoms with van der Waals surface area (Å²) < 4.78 is 11.9. The number of nitrogens with one attached hydrogen (secondary N) is 1. The smallest absolute Gasteiger partial charge is 0.196 e. The van der Waals surface area contributed by atoms with Gasteiger partial charge in [0.05, 0.1) is 29.6 Å². The Hall–Kier alpha value is -4.69. The Kier molecular flexibility index (Phi) is 7.07. The number of ketones is 2. The molecule has 1 saturated heterocycles. The topological polar surface area (TPSA) is 83.5 Å². The summed E-state index contributed by atoms with van der Waals surface area (Å²) in [6.45, 7) is 7.39. The predicted octanol–water partition coefficient (Wildman–Crippen LogP) is 5.44. The fraction of sp³-hybridized carbons (Fsp3) is 0.286. The van der Waals surface area contributed by atoms with E-state index in [1.165, 1.54) is 0 Å². The van der Waals surface area contributed by atoms with E-state index in [0.29, 0.717) is 45.9 Å². The molecule has 8 nitrogen and oxygen atoms in total. The van der Waals surface area contributed by atoms with Crippen LogP contribution in [0.5, 0.6) is 11.5 Å². The summed E-state index contributed by atoms with van der Waals surface area (Å²) in [5.41, 5.74) is 5.52. The first kappa shape index (κ1) is 27.2. The maximum absolute atomic E-state index is 13.9. The SMILES string of the molecule is COc1ccccc1N1CCN(CCCNc2cc3c(c4c2C(=O)c2ccccc2C4=O)N=C2C=C(C)C=CC2O3)CC1. The second kappa shape index (κ2) is 11.2. The zero-order valence-corrected chi connectivity index (χ0v) is 24.4. The van der Waals surface area contributed by atoms with Crippen LogP contribution in [-0.2, 0) is 0 Å². The van der Waals surface area contributed by atoms with Crippen molar-refractivity contribution in [2.24, 2.45) is 4.99 Å². The van der Waals surface area contributed by atoms with Gasteiger partial charge in [-0.15, -0.1) is 0 Å². The van der Waals surface area contributed by atoms with E-state index in [4.69, 9.17) is 14.5 Å². The third-order valence-electron chi connectivity index (χ3n) is 8.60. The molecule has 1 atom stereocenters. The van der Waals surface area contributed by atoms with Crippen LogP contribution in [0.2, 0.25) is 0 Å². The minimum Gasteiger partial charge on any atom is -0.495 e. The molecule has 1 fully saturated rings. The quantitative estimate of drug-likeness (QED) is 0.294. The highest BCUT2D eigenvalue weighted by Gasteiger charge is 2.38. The van der Waals surface area contributed by atoms with Crippen molar-refractivity contribution in [3.63, 3.8) is 0 Å². The van der Waals surface area contributed by atoms with Crippen molar-refractivity contribution in [1.29, 1.82) is 0 Å². The molecule has 1 N–H and O–H groups in total. The summed E-state index contributed by atoms with van der Waals surface area (Å²) in [5, 5.41) is 3.49. The van der Waals surface area contributed by atoms with Crippen LogP contribution >= 0.6 is 0 Å². The second-order valence-corrected chi connectivity index (χ2v) is 11.3. The van der Waals surface area contributed by atoms with E-state index in [0.717, 1.165) is 61.9 Å². The Morgan fingerprint density at radius 1 is 0.977 bits per heavy atom. The number of para-hydroxylation sites is 2. The molecule has 3 aromatic rings. The fourth-order valence-electron chi connectivity index (χ4n) is 6.39. The van der Waals surface area contributed by atoms with Crippen LogP contribution in [0, 0.1) is 0 Å². The average Bonchev–Trinajstić information content (AvgIpc) is 3.04. The van der Waals surface area contributed by atoms with Gasteiger partial charge >= 0.3 is 0 Å². The molecule has 43 heavy (non-hydrogen) atoms. The standard InChI is InChI=1S/C35H34N4O4/c1-22-12-13-28-25(20-22)37-33-30(43-28)21-26(31-32(33)35(41)24-9-4-3-8-23(24)34(31)40)36-14-7-15-38-16-18-39(19-17-38)27-10-5-6-11-29(27)42-2/h3-6,8-13,20-21,28,36H,7,14-19H2,1-2H3. The van der Waals surface area contributed by atoms with Crippen molar-refractivity contribution >= 4 is 34.3 Å². The molecule has 2 heterocycles. The van der Waals surface area contributed by atoms with Crippen molar-refractivity contribution in [2.75, 3.05) is 56.6 Å². The number of anilines is 2. The molecule has 7 rings (SSSR count). The Labute approximate surface area is 251 Å². The van der Waals surface area contributed by atoms with Crippen LogP contribution in [-0.4, -0.2) is 74.7 Å². The second-order valence-electron chi connectivity index (χ2n) is 11.3. The minimum atomic E-state index is -0.321. The molecule has 0 bridgehead atoms. The van der Waals surface area contributed by atoms with E-state index >= 15 is 0 Å². The van der Waals surface area contributed by atoms with Crippen molar-refractivity contribution < 1.29 is 19.1 Å². The third kappa shape index (κ3) is 4.91. The van der Waals surface area contributed by atoms with Gasteiger partial charge in [-0.3, -0.25) is 14.5 Å². The number of fused-ring (bicyclic) bond motifs is 5. The number of piperazine rings is 1. The lowest BCUT2D eigenvalue weighted by Gasteiger charge is -2.36. The van der Waals surface area contributed by atoms with Gasteiger partial charge < -0.3 is 19.7 Å². The van der Waals surface area contributed by atoms with Gasteiger partial charge in [0.1, 0.15) is 17.2 Å². The van der Waals surface area contributed by atoms with E-state index in [1.54, 1.807) is 31.4 Å². The van der Waals surface area contributed by atoms with Gasteiger partial charge in [0.25, 0.3) is 0 Å². The molecule has 8 heteroatoms. The summed E-state index contributed by atoms with van der Waals surface area (Å²) in [7, 11) is 1.71. The van der Waals surface area contributed by atoms with Crippen molar-refractivity contribution in [1.82, 2.24) is 4.90 Å². The van der Waals surface area contributed by atoms with E-state index in [9.17, 15) is 9.59 Å². The van der Waals surface area contributed by atoms with Crippen molar-refractivity contribution in [2.45, 2.75) is 19.4 Å². The van der Waals surface area contributed by atoms with Gasteiger partial charge in [0.15, 0.2) is 17.7 Å². The minimum absolute atomic E-state index is 0.166. The highest BCUT2D eigenvalue weighted by Crippen LogP contribution is 2.46. The van der Waals surface area contributed by atoms with E-state index in [2.05, 4.69) is 21.2 Å². The monoisotopic (exact) mass is 574 g/mol. The molecule has 3 aromatic carbocycles. The van der Waals surface area contributed by atoms with E-state index < -0.39 is 0 Å². The lowest BCUT2D eigenvalue weighted by molar-refractivity contribution is 0.0979. The lowest BCUT2D eigenvalue weighted by atomic mass is 9.81. The number of ether oxygens (including phenoxy) is 2. The number of aliphatic imine (C=N–C) groups is 1. The number of rotatable bonds is 7. The van der Waals surface area contributed by atoms with Gasteiger partial charge in [-0.25, -0.2) is 4.99 Å². The lowest BCUT2D eigenvalue weighted by Crippen LogP contribution is -2.47. The first-order valence-electron chi connectivity index (χ1n) is 14.9. The number of nitrogens with zero attached hydrogens (tertiary/aromatic N) is 3.